The lowest BCUT2D eigenvalue weighted by atomic mass is 9.88. The molecular formula is C17H18N4. The van der Waals surface area contributed by atoms with E-state index in [0.29, 0.717) is 6.04 Å². The molecule has 1 aliphatic carbocycles. The predicted molar refractivity (Wildman–Crippen MR) is 83.6 cm³/mol. The van der Waals surface area contributed by atoms with E-state index < -0.39 is 0 Å². The fourth-order valence-corrected chi connectivity index (χ4v) is 3.17. The van der Waals surface area contributed by atoms with Gasteiger partial charge in [0.2, 0.25) is 0 Å². The zero-order valence-corrected chi connectivity index (χ0v) is 12.1. The Kier molecular flexibility index (Phi) is 2.88. The summed E-state index contributed by atoms with van der Waals surface area (Å²) in [7, 11) is 0. The van der Waals surface area contributed by atoms with Crippen molar-refractivity contribution in [3.8, 4) is 0 Å². The van der Waals surface area contributed by atoms with Crippen LogP contribution < -0.4 is 5.32 Å². The Hall–Kier alpha value is -2.36. The minimum absolute atomic E-state index is 0.453. The van der Waals surface area contributed by atoms with Gasteiger partial charge in [0, 0.05) is 23.9 Å². The van der Waals surface area contributed by atoms with Gasteiger partial charge in [-0.05, 0) is 37.3 Å². The second kappa shape index (κ2) is 4.88. The van der Waals surface area contributed by atoms with Gasteiger partial charge >= 0.3 is 0 Å². The number of aromatic nitrogens is 3. The molecule has 1 atom stereocenters. The molecule has 0 aliphatic heterocycles. The highest BCUT2D eigenvalue weighted by molar-refractivity contribution is 5.50. The lowest BCUT2D eigenvalue weighted by molar-refractivity contribution is 0.606. The number of aryl methyl sites for hydroxylation is 2. The number of fused-ring (bicyclic) bond motifs is 2. The Morgan fingerprint density at radius 3 is 2.95 bits per heavy atom. The lowest BCUT2D eigenvalue weighted by Gasteiger charge is -2.26. The summed E-state index contributed by atoms with van der Waals surface area (Å²) in [5.41, 5.74) is 4.87. The Balaban J connectivity index is 1.63. The monoisotopic (exact) mass is 278 g/mol. The van der Waals surface area contributed by atoms with E-state index in [-0.39, 0.29) is 0 Å². The zero-order chi connectivity index (χ0) is 14.2. The van der Waals surface area contributed by atoms with Crippen LogP contribution in [0.25, 0.3) is 5.65 Å². The number of hydrogen-bond acceptors (Lipinski definition) is 3. The molecule has 0 unspecified atom stereocenters. The molecule has 3 aromatic rings. The van der Waals surface area contributed by atoms with Crippen LogP contribution in [0.3, 0.4) is 0 Å². The summed E-state index contributed by atoms with van der Waals surface area (Å²) in [5.74, 6) is 1.03. The highest BCUT2D eigenvalue weighted by Crippen LogP contribution is 2.24. The first-order valence-electron chi connectivity index (χ1n) is 7.44. The molecule has 2 aromatic heterocycles. The van der Waals surface area contributed by atoms with E-state index in [1.165, 1.54) is 11.1 Å². The molecule has 4 rings (SSSR count). The summed E-state index contributed by atoms with van der Waals surface area (Å²) < 4.78 is 1.88. The number of benzene rings is 1. The van der Waals surface area contributed by atoms with Crippen molar-refractivity contribution < 1.29 is 0 Å². The summed E-state index contributed by atoms with van der Waals surface area (Å²) >= 11 is 0. The molecule has 1 N–H and O–H groups in total. The van der Waals surface area contributed by atoms with E-state index in [1.807, 2.05) is 17.5 Å². The third-order valence-electron chi connectivity index (χ3n) is 4.19. The molecule has 21 heavy (non-hydrogen) atoms. The molecule has 4 heteroatoms. The first-order chi connectivity index (χ1) is 10.3. The SMILES string of the molecule is Cc1cc(N[C@H]2CCc3ccccc3C2)n2nccc2n1. The standard InChI is InChI=1S/C17H18N4/c1-12-10-17(21-16(19-12)8-9-18-21)20-15-7-6-13-4-2-3-5-14(13)11-15/h2-5,8-10,15,20H,6-7,11H2,1H3/t15-/m0/s1. The fraction of sp³-hybridized carbons (Fsp3) is 0.294. The van der Waals surface area contributed by atoms with Gasteiger partial charge in [-0.25, -0.2) is 4.98 Å². The molecule has 0 spiro atoms. The number of anilines is 1. The summed E-state index contributed by atoms with van der Waals surface area (Å²) in [6.07, 6.45) is 5.16. The normalized spacial score (nSPS) is 17.7. The third-order valence-corrected chi connectivity index (χ3v) is 4.19. The molecule has 0 saturated carbocycles. The number of nitrogens with zero attached hydrogens (tertiary/aromatic N) is 3. The molecule has 4 nitrogen and oxygen atoms in total. The van der Waals surface area contributed by atoms with Gasteiger partial charge in [-0.2, -0.15) is 9.61 Å². The van der Waals surface area contributed by atoms with E-state index in [9.17, 15) is 0 Å². The number of nitrogens with one attached hydrogen (secondary N) is 1. The fourth-order valence-electron chi connectivity index (χ4n) is 3.17. The Morgan fingerprint density at radius 2 is 2.05 bits per heavy atom. The van der Waals surface area contributed by atoms with E-state index in [4.69, 9.17) is 0 Å². The van der Waals surface area contributed by atoms with Crippen LogP contribution in [0.2, 0.25) is 0 Å². The molecule has 106 valence electrons. The summed E-state index contributed by atoms with van der Waals surface area (Å²) in [4.78, 5) is 4.49. The summed E-state index contributed by atoms with van der Waals surface area (Å²) in [5, 5.41) is 8.01. The topological polar surface area (TPSA) is 42.2 Å². The van der Waals surface area contributed by atoms with Crippen molar-refractivity contribution in [3.63, 3.8) is 0 Å². The quantitative estimate of drug-likeness (QED) is 0.783. The van der Waals surface area contributed by atoms with E-state index in [1.54, 1.807) is 6.20 Å². The van der Waals surface area contributed by atoms with E-state index >= 15 is 0 Å². The van der Waals surface area contributed by atoms with Crippen LogP contribution in [0.4, 0.5) is 5.82 Å². The number of rotatable bonds is 2. The van der Waals surface area contributed by atoms with Crippen LogP contribution in [-0.4, -0.2) is 20.6 Å². The van der Waals surface area contributed by atoms with Crippen LogP contribution in [0.1, 0.15) is 23.2 Å². The maximum absolute atomic E-state index is 4.49. The maximum atomic E-state index is 4.49. The third kappa shape index (κ3) is 2.27. The highest BCUT2D eigenvalue weighted by atomic mass is 15.3. The van der Waals surface area contributed by atoms with Crippen molar-refractivity contribution in [3.05, 3.63) is 59.4 Å². The molecule has 0 radical (unpaired) electrons. The van der Waals surface area contributed by atoms with Gasteiger partial charge in [0.25, 0.3) is 0 Å². The van der Waals surface area contributed by atoms with Gasteiger partial charge in [0.15, 0.2) is 5.65 Å². The largest absolute Gasteiger partial charge is 0.367 e. The van der Waals surface area contributed by atoms with Crippen LogP contribution in [0.5, 0.6) is 0 Å². The van der Waals surface area contributed by atoms with Gasteiger partial charge in [0.1, 0.15) is 5.82 Å². The predicted octanol–water partition coefficient (Wildman–Crippen LogP) is 3.01. The average molecular weight is 278 g/mol. The van der Waals surface area contributed by atoms with E-state index in [0.717, 1.165) is 36.4 Å². The minimum Gasteiger partial charge on any atom is -0.367 e. The molecule has 0 saturated heterocycles. The first-order valence-corrected chi connectivity index (χ1v) is 7.44. The van der Waals surface area contributed by atoms with Crippen LogP contribution in [0, 0.1) is 6.92 Å². The summed E-state index contributed by atoms with van der Waals surface area (Å²) in [6.45, 7) is 2.02. The van der Waals surface area contributed by atoms with Gasteiger partial charge in [0.05, 0.1) is 6.20 Å². The second-order valence-corrected chi connectivity index (χ2v) is 5.74. The van der Waals surface area contributed by atoms with Gasteiger partial charge in [-0.1, -0.05) is 24.3 Å². The van der Waals surface area contributed by atoms with Crippen LogP contribution in [0.15, 0.2) is 42.6 Å². The zero-order valence-electron chi connectivity index (χ0n) is 12.1. The first kappa shape index (κ1) is 12.4. The lowest BCUT2D eigenvalue weighted by Crippen LogP contribution is -2.28. The van der Waals surface area contributed by atoms with Crippen molar-refractivity contribution in [1.29, 1.82) is 0 Å². The Labute approximate surface area is 123 Å². The average Bonchev–Trinajstić information content (AvgIpc) is 2.95. The van der Waals surface area contributed by atoms with Crippen molar-refractivity contribution >= 4 is 11.5 Å². The molecule has 2 heterocycles. The van der Waals surface area contributed by atoms with Gasteiger partial charge < -0.3 is 5.32 Å². The Bertz CT molecular complexity index is 790. The van der Waals surface area contributed by atoms with Crippen LogP contribution >= 0.6 is 0 Å². The molecule has 0 amide bonds. The van der Waals surface area contributed by atoms with E-state index in [2.05, 4.69) is 45.7 Å². The maximum Gasteiger partial charge on any atom is 0.157 e. The van der Waals surface area contributed by atoms with Crippen molar-refractivity contribution in [2.24, 2.45) is 0 Å². The smallest absolute Gasteiger partial charge is 0.157 e. The Morgan fingerprint density at radius 1 is 1.19 bits per heavy atom. The van der Waals surface area contributed by atoms with Crippen LogP contribution in [-0.2, 0) is 12.8 Å². The van der Waals surface area contributed by atoms with Gasteiger partial charge in [-0.3, -0.25) is 0 Å². The molecule has 0 bridgehead atoms. The van der Waals surface area contributed by atoms with Crippen molar-refractivity contribution in [2.75, 3.05) is 5.32 Å². The van der Waals surface area contributed by atoms with Crippen molar-refractivity contribution in [1.82, 2.24) is 14.6 Å². The number of hydrogen-bond donors (Lipinski definition) is 1. The molecule has 0 fully saturated rings. The minimum atomic E-state index is 0.453. The highest BCUT2D eigenvalue weighted by Gasteiger charge is 2.19. The molecule has 1 aromatic carbocycles. The molecular weight excluding hydrogens is 260 g/mol. The van der Waals surface area contributed by atoms with Crippen molar-refractivity contribution in [2.45, 2.75) is 32.2 Å². The van der Waals surface area contributed by atoms with Gasteiger partial charge in [-0.15, -0.1) is 0 Å². The second-order valence-electron chi connectivity index (χ2n) is 5.74. The molecule has 1 aliphatic rings. The summed E-state index contributed by atoms with van der Waals surface area (Å²) in [6, 6.07) is 13.2.